The SMILES string of the molecule is C/C=C\C1=NC2=CC(C(/C=C\C)=C/C=C/CC)NN2C(N2CCOCC2)=C1.CC. The Hall–Kier alpha value is -2.37. The molecule has 5 heteroatoms. The zero-order valence-electron chi connectivity index (χ0n) is 18.6. The van der Waals surface area contributed by atoms with Crippen LogP contribution < -0.4 is 5.43 Å². The van der Waals surface area contributed by atoms with Gasteiger partial charge in [0, 0.05) is 19.2 Å². The normalized spacial score (nSPS) is 22.6. The van der Waals surface area contributed by atoms with Gasteiger partial charge in [-0.05, 0) is 38.0 Å². The van der Waals surface area contributed by atoms with Gasteiger partial charge >= 0.3 is 0 Å². The summed E-state index contributed by atoms with van der Waals surface area (Å²) in [6.45, 7) is 13.5. The Morgan fingerprint density at radius 1 is 1.24 bits per heavy atom. The molecule has 1 atom stereocenters. The second-order valence-electron chi connectivity index (χ2n) is 6.61. The number of morpholine rings is 1. The number of ether oxygens (including phenoxy) is 1. The van der Waals surface area contributed by atoms with E-state index in [-0.39, 0.29) is 6.04 Å². The first kappa shape index (κ1) is 22.9. The molecular weight excluding hydrogens is 360 g/mol. The molecule has 3 rings (SSSR count). The van der Waals surface area contributed by atoms with Gasteiger partial charge in [-0.2, -0.15) is 0 Å². The molecule has 3 aliphatic rings. The van der Waals surface area contributed by atoms with Gasteiger partial charge in [0.2, 0.25) is 0 Å². The van der Waals surface area contributed by atoms with Gasteiger partial charge in [0.1, 0.15) is 11.6 Å². The molecule has 1 N–H and O–H groups in total. The number of nitrogens with zero attached hydrogens (tertiary/aromatic N) is 3. The molecule has 0 aromatic heterocycles. The molecular formula is C24H36N4O. The highest BCUT2D eigenvalue weighted by Crippen LogP contribution is 2.29. The van der Waals surface area contributed by atoms with Gasteiger partial charge in [-0.3, -0.25) is 0 Å². The van der Waals surface area contributed by atoms with Crippen molar-refractivity contribution in [1.29, 1.82) is 0 Å². The quantitative estimate of drug-likeness (QED) is 0.660. The summed E-state index contributed by atoms with van der Waals surface area (Å²) >= 11 is 0. The standard InChI is InChI=1S/C22H30N4O.C2H6/c1-4-7-8-11-18(9-5-2)20-17-21-23-19(10-6-3)16-22(26(21)24-20)25-12-14-27-15-13-25;1-2/h5-11,16-17,20,24H,4,12-15H2,1-3H3;1-2H3/b8-7+,9-5-,10-6-,18-11+;. The summed E-state index contributed by atoms with van der Waals surface area (Å²) in [5, 5.41) is 2.11. The Morgan fingerprint density at radius 2 is 2.00 bits per heavy atom. The molecule has 3 heterocycles. The van der Waals surface area contributed by atoms with E-state index in [1.807, 2.05) is 33.8 Å². The Kier molecular flexibility index (Phi) is 9.68. The predicted molar refractivity (Wildman–Crippen MR) is 123 cm³/mol. The fraction of sp³-hybridized carbons (Fsp3) is 0.458. The van der Waals surface area contributed by atoms with Crippen molar-refractivity contribution in [3.8, 4) is 0 Å². The van der Waals surface area contributed by atoms with Crippen molar-refractivity contribution < 1.29 is 4.74 Å². The lowest BCUT2D eigenvalue weighted by Gasteiger charge is -2.38. The third kappa shape index (κ3) is 6.05. The van der Waals surface area contributed by atoms with E-state index in [9.17, 15) is 0 Å². The zero-order chi connectivity index (χ0) is 21.1. The van der Waals surface area contributed by atoms with E-state index in [0.717, 1.165) is 50.1 Å². The first-order valence-corrected chi connectivity index (χ1v) is 10.8. The molecule has 0 bridgehead atoms. The first-order chi connectivity index (χ1) is 14.3. The number of fused-ring (bicyclic) bond motifs is 1. The molecule has 3 aliphatic heterocycles. The molecule has 158 valence electrons. The average molecular weight is 397 g/mol. The first-order valence-electron chi connectivity index (χ1n) is 10.8. The maximum Gasteiger partial charge on any atom is 0.147 e. The minimum atomic E-state index is 0.0934. The van der Waals surface area contributed by atoms with Crippen LogP contribution in [-0.4, -0.2) is 48.0 Å². The van der Waals surface area contributed by atoms with Crippen molar-refractivity contribution in [2.24, 2.45) is 4.99 Å². The lowest BCUT2D eigenvalue weighted by Crippen LogP contribution is -2.47. The maximum absolute atomic E-state index is 5.53. The van der Waals surface area contributed by atoms with Crippen LogP contribution in [0.25, 0.3) is 0 Å². The summed E-state index contributed by atoms with van der Waals surface area (Å²) in [7, 11) is 0. The van der Waals surface area contributed by atoms with Crippen LogP contribution in [0, 0.1) is 0 Å². The zero-order valence-corrected chi connectivity index (χ0v) is 18.6. The van der Waals surface area contributed by atoms with Gasteiger partial charge < -0.3 is 9.64 Å². The summed E-state index contributed by atoms with van der Waals surface area (Å²) in [6.07, 6.45) is 20.2. The second-order valence-corrected chi connectivity index (χ2v) is 6.61. The molecule has 0 spiro atoms. The molecule has 1 unspecified atom stereocenters. The number of hydrogen-bond donors (Lipinski definition) is 1. The molecule has 1 saturated heterocycles. The van der Waals surface area contributed by atoms with Gasteiger partial charge in [0.05, 0.1) is 25.0 Å². The maximum atomic E-state index is 5.53. The smallest absolute Gasteiger partial charge is 0.147 e. The molecule has 0 aromatic rings. The van der Waals surface area contributed by atoms with Crippen LogP contribution in [0.2, 0.25) is 0 Å². The summed E-state index contributed by atoms with van der Waals surface area (Å²) in [6, 6.07) is 0.0934. The number of rotatable bonds is 6. The molecule has 5 nitrogen and oxygen atoms in total. The van der Waals surface area contributed by atoms with Gasteiger partial charge in [0.15, 0.2) is 0 Å². The monoisotopic (exact) mass is 396 g/mol. The predicted octanol–water partition coefficient (Wildman–Crippen LogP) is 4.72. The number of hydrazine groups is 1. The van der Waals surface area contributed by atoms with Crippen LogP contribution in [0.5, 0.6) is 0 Å². The summed E-state index contributed by atoms with van der Waals surface area (Å²) in [5.41, 5.74) is 5.81. The highest BCUT2D eigenvalue weighted by molar-refractivity contribution is 6.05. The number of hydrogen-bond acceptors (Lipinski definition) is 5. The number of aliphatic imine (C=N–C) groups is 1. The average Bonchev–Trinajstić information content (AvgIpc) is 3.19. The highest BCUT2D eigenvalue weighted by atomic mass is 16.5. The molecule has 0 aliphatic carbocycles. The van der Waals surface area contributed by atoms with Crippen molar-refractivity contribution in [2.75, 3.05) is 26.3 Å². The van der Waals surface area contributed by atoms with E-state index in [2.05, 4.69) is 70.9 Å². The molecule has 29 heavy (non-hydrogen) atoms. The fourth-order valence-electron chi connectivity index (χ4n) is 3.32. The van der Waals surface area contributed by atoms with Crippen LogP contribution in [0.15, 0.2) is 76.9 Å². The molecule has 0 amide bonds. The van der Waals surface area contributed by atoms with Crippen molar-refractivity contribution in [1.82, 2.24) is 15.3 Å². The van der Waals surface area contributed by atoms with Gasteiger partial charge in [-0.15, -0.1) is 0 Å². The van der Waals surface area contributed by atoms with Gasteiger partial charge in [-0.1, -0.05) is 57.2 Å². The van der Waals surface area contributed by atoms with Crippen LogP contribution in [-0.2, 0) is 4.74 Å². The number of nitrogens with one attached hydrogen (secondary N) is 1. The molecule has 1 fully saturated rings. The van der Waals surface area contributed by atoms with Crippen LogP contribution >= 0.6 is 0 Å². The fourth-order valence-corrected chi connectivity index (χ4v) is 3.32. The Balaban J connectivity index is 0.00000145. The number of allylic oxidation sites excluding steroid dienone is 7. The Labute approximate surface area is 176 Å². The van der Waals surface area contributed by atoms with Crippen LogP contribution in [0.4, 0.5) is 0 Å². The second kappa shape index (κ2) is 12.2. The summed E-state index contributed by atoms with van der Waals surface area (Å²) < 4.78 is 5.53. The molecule has 0 saturated carbocycles. The van der Waals surface area contributed by atoms with Crippen LogP contribution in [0.1, 0.15) is 41.0 Å². The Morgan fingerprint density at radius 3 is 2.66 bits per heavy atom. The molecule has 0 aromatic carbocycles. The van der Waals surface area contributed by atoms with E-state index in [4.69, 9.17) is 9.73 Å². The van der Waals surface area contributed by atoms with E-state index in [1.54, 1.807) is 0 Å². The van der Waals surface area contributed by atoms with Gasteiger partial charge in [0.25, 0.3) is 0 Å². The van der Waals surface area contributed by atoms with E-state index < -0.39 is 0 Å². The largest absolute Gasteiger partial charge is 0.378 e. The topological polar surface area (TPSA) is 40.1 Å². The van der Waals surface area contributed by atoms with E-state index in [0.29, 0.717) is 0 Å². The third-order valence-electron chi connectivity index (χ3n) is 4.61. The van der Waals surface area contributed by atoms with Crippen molar-refractivity contribution >= 4 is 5.71 Å². The third-order valence-corrected chi connectivity index (χ3v) is 4.61. The van der Waals surface area contributed by atoms with Crippen molar-refractivity contribution in [2.45, 2.75) is 47.1 Å². The molecule has 0 radical (unpaired) electrons. The van der Waals surface area contributed by atoms with Crippen molar-refractivity contribution in [3.63, 3.8) is 0 Å². The Bertz CT molecular complexity index is 734. The van der Waals surface area contributed by atoms with E-state index in [1.165, 1.54) is 5.57 Å². The summed E-state index contributed by atoms with van der Waals surface area (Å²) in [5.74, 6) is 2.09. The van der Waals surface area contributed by atoms with E-state index >= 15 is 0 Å². The van der Waals surface area contributed by atoms with Crippen LogP contribution in [0.3, 0.4) is 0 Å². The lowest BCUT2D eigenvalue weighted by atomic mass is 10.1. The van der Waals surface area contributed by atoms with Crippen molar-refractivity contribution in [3.05, 3.63) is 71.9 Å². The highest BCUT2D eigenvalue weighted by Gasteiger charge is 2.32. The summed E-state index contributed by atoms with van der Waals surface area (Å²) in [4.78, 5) is 7.18. The lowest BCUT2D eigenvalue weighted by molar-refractivity contribution is 0.0366. The van der Waals surface area contributed by atoms with Gasteiger partial charge in [-0.25, -0.2) is 15.4 Å². The minimum absolute atomic E-state index is 0.0934. The minimum Gasteiger partial charge on any atom is -0.378 e.